The molecule has 0 unspecified atom stereocenters. The van der Waals surface area contributed by atoms with Crippen molar-refractivity contribution in [3.8, 4) is 5.75 Å². The molecule has 0 saturated carbocycles. The van der Waals surface area contributed by atoms with Gasteiger partial charge < -0.3 is 13.6 Å². The van der Waals surface area contributed by atoms with E-state index in [-0.39, 0.29) is 12.4 Å². The zero-order valence-electron chi connectivity index (χ0n) is 14.0. The van der Waals surface area contributed by atoms with Crippen molar-refractivity contribution in [1.82, 2.24) is 5.43 Å². The molecule has 1 aromatic carbocycles. The number of hydrazone groups is 1. The second-order valence-electron chi connectivity index (χ2n) is 5.42. The first kappa shape index (κ1) is 17.9. The number of carbonyl (C=O) groups excluding carboxylic acids is 1. The predicted molar refractivity (Wildman–Crippen MR) is 93.8 cm³/mol. The van der Waals surface area contributed by atoms with Gasteiger partial charge in [0.15, 0.2) is 12.4 Å². The van der Waals surface area contributed by atoms with E-state index in [0.717, 1.165) is 17.2 Å². The van der Waals surface area contributed by atoms with Crippen molar-refractivity contribution >= 4 is 29.0 Å². The van der Waals surface area contributed by atoms with Gasteiger partial charge in [0, 0.05) is 17.5 Å². The predicted octanol–water partition coefficient (Wildman–Crippen LogP) is 2.13. The van der Waals surface area contributed by atoms with Crippen LogP contribution in [0.1, 0.15) is 11.3 Å². The zero-order chi connectivity index (χ0) is 19.4. The average Bonchev–Trinajstić information content (AvgIpc) is 3.08. The van der Waals surface area contributed by atoms with Gasteiger partial charge in [0.05, 0.1) is 12.3 Å². The maximum atomic E-state index is 11.7. The first-order valence-corrected chi connectivity index (χ1v) is 7.66. The lowest BCUT2D eigenvalue weighted by atomic mass is 10.1. The van der Waals surface area contributed by atoms with Crippen molar-refractivity contribution in [2.45, 2.75) is 6.92 Å². The molecule has 0 spiro atoms. The molecule has 3 aromatic rings. The SMILES string of the molecule is Cc1cc(=O)oc2cc(OCC(=O)N/N=C\c3ccc([N+](=O)[O-])o3)ccc12. The summed E-state index contributed by atoms with van der Waals surface area (Å²) in [4.78, 5) is 33.0. The van der Waals surface area contributed by atoms with Gasteiger partial charge >= 0.3 is 11.5 Å². The number of fused-ring (bicyclic) bond motifs is 1. The van der Waals surface area contributed by atoms with Crippen LogP contribution in [0.4, 0.5) is 5.88 Å². The van der Waals surface area contributed by atoms with E-state index < -0.39 is 22.3 Å². The number of nitro groups is 1. The van der Waals surface area contributed by atoms with Crippen LogP contribution >= 0.6 is 0 Å². The highest BCUT2D eigenvalue weighted by Crippen LogP contribution is 2.22. The van der Waals surface area contributed by atoms with E-state index in [1.807, 2.05) is 0 Å². The Bertz CT molecular complexity index is 1100. The van der Waals surface area contributed by atoms with E-state index in [2.05, 4.69) is 10.5 Å². The van der Waals surface area contributed by atoms with E-state index in [0.29, 0.717) is 11.3 Å². The van der Waals surface area contributed by atoms with Crippen LogP contribution in [0.25, 0.3) is 11.0 Å². The third-order valence-electron chi connectivity index (χ3n) is 3.47. The van der Waals surface area contributed by atoms with Crippen LogP contribution in [0.2, 0.25) is 0 Å². The van der Waals surface area contributed by atoms with Crippen LogP contribution in [0.5, 0.6) is 5.75 Å². The molecule has 2 heterocycles. The quantitative estimate of drug-likeness (QED) is 0.303. The molecule has 0 fully saturated rings. The summed E-state index contributed by atoms with van der Waals surface area (Å²) in [5.74, 6) is -0.526. The normalized spacial score (nSPS) is 11.0. The maximum Gasteiger partial charge on any atom is 0.433 e. The van der Waals surface area contributed by atoms with E-state index in [9.17, 15) is 19.7 Å². The van der Waals surface area contributed by atoms with Gasteiger partial charge in [-0.25, -0.2) is 10.2 Å². The molecule has 1 amide bonds. The number of rotatable bonds is 6. The molecule has 0 saturated heterocycles. The van der Waals surface area contributed by atoms with E-state index >= 15 is 0 Å². The van der Waals surface area contributed by atoms with Gasteiger partial charge in [-0.2, -0.15) is 5.10 Å². The third kappa shape index (κ3) is 4.37. The lowest BCUT2D eigenvalue weighted by Crippen LogP contribution is -2.24. The van der Waals surface area contributed by atoms with Gasteiger partial charge in [-0.3, -0.25) is 14.9 Å². The number of carbonyl (C=O) groups is 1. The minimum absolute atomic E-state index is 0.114. The Balaban J connectivity index is 1.57. The Labute approximate surface area is 151 Å². The molecule has 2 aromatic heterocycles. The van der Waals surface area contributed by atoms with Gasteiger partial charge in [0.2, 0.25) is 0 Å². The first-order valence-electron chi connectivity index (χ1n) is 7.66. The Hall–Kier alpha value is -3.95. The van der Waals surface area contributed by atoms with E-state index in [1.54, 1.807) is 19.1 Å². The number of hydrogen-bond donors (Lipinski definition) is 1. The number of nitrogens with one attached hydrogen (secondary N) is 1. The number of benzene rings is 1. The van der Waals surface area contributed by atoms with Crippen molar-refractivity contribution in [2.24, 2.45) is 5.10 Å². The summed E-state index contributed by atoms with van der Waals surface area (Å²) in [5.41, 5.74) is 2.86. The van der Waals surface area contributed by atoms with Gasteiger partial charge in [0.1, 0.15) is 16.3 Å². The van der Waals surface area contributed by atoms with Crippen molar-refractivity contribution in [2.75, 3.05) is 6.61 Å². The molecule has 0 radical (unpaired) electrons. The number of aryl methyl sites for hydroxylation is 1. The summed E-state index contributed by atoms with van der Waals surface area (Å²) in [7, 11) is 0. The Morgan fingerprint density at radius 1 is 1.30 bits per heavy atom. The highest BCUT2D eigenvalue weighted by molar-refractivity contribution is 5.82. The molecular weight excluding hydrogens is 358 g/mol. The van der Waals surface area contributed by atoms with Crippen LogP contribution in [-0.2, 0) is 4.79 Å². The minimum Gasteiger partial charge on any atom is -0.484 e. The Morgan fingerprint density at radius 3 is 2.85 bits per heavy atom. The maximum absolute atomic E-state index is 11.7. The molecule has 1 N–H and O–H groups in total. The number of hydrogen-bond acceptors (Lipinski definition) is 8. The molecule has 0 aliphatic rings. The third-order valence-corrected chi connectivity index (χ3v) is 3.47. The highest BCUT2D eigenvalue weighted by atomic mass is 16.6. The van der Waals surface area contributed by atoms with Gasteiger partial charge in [-0.15, -0.1) is 0 Å². The fourth-order valence-corrected chi connectivity index (χ4v) is 2.25. The number of nitrogens with zero attached hydrogens (tertiary/aromatic N) is 2. The fraction of sp³-hybridized carbons (Fsp3) is 0.118. The average molecular weight is 371 g/mol. The van der Waals surface area contributed by atoms with Crippen LogP contribution in [0.15, 0.2) is 55.1 Å². The second-order valence-corrected chi connectivity index (χ2v) is 5.42. The summed E-state index contributed by atoms with van der Waals surface area (Å²) in [6.07, 6.45) is 1.12. The van der Waals surface area contributed by atoms with Crippen molar-refractivity contribution in [3.63, 3.8) is 0 Å². The second kappa shape index (κ2) is 7.52. The standard InChI is InChI=1S/C17H13N3O7/c1-10-6-17(22)27-14-7-11(2-4-13(10)14)25-9-15(21)19-18-8-12-3-5-16(26-12)20(23)24/h2-8H,9H2,1H3,(H,19,21)/b18-8-. The molecule has 3 rings (SSSR count). The summed E-state index contributed by atoms with van der Waals surface area (Å²) in [6, 6.07) is 8.79. The summed E-state index contributed by atoms with van der Waals surface area (Å²) < 4.78 is 15.3. The van der Waals surface area contributed by atoms with Crippen molar-refractivity contribution in [3.05, 3.63) is 68.3 Å². The van der Waals surface area contributed by atoms with Crippen LogP contribution in [-0.4, -0.2) is 23.7 Å². The Morgan fingerprint density at radius 2 is 2.11 bits per heavy atom. The van der Waals surface area contributed by atoms with E-state index in [1.165, 1.54) is 24.3 Å². The summed E-state index contributed by atoms with van der Waals surface area (Å²) >= 11 is 0. The number of amides is 1. The molecule has 0 atom stereocenters. The minimum atomic E-state index is -0.684. The first-order chi connectivity index (χ1) is 12.9. The zero-order valence-corrected chi connectivity index (χ0v) is 14.0. The number of ether oxygens (including phenoxy) is 1. The molecule has 138 valence electrons. The lowest BCUT2D eigenvalue weighted by molar-refractivity contribution is -0.402. The van der Waals surface area contributed by atoms with Crippen LogP contribution in [0, 0.1) is 17.0 Å². The topological polar surface area (TPSA) is 137 Å². The molecular formula is C17H13N3O7. The lowest BCUT2D eigenvalue weighted by Gasteiger charge is -2.06. The molecule has 10 nitrogen and oxygen atoms in total. The van der Waals surface area contributed by atoms with Crippen molar-refractivity contribution in [1.29, 1.82) is 0 Å². The smallest absolute Gasteiger partial charge is 0.433 e. The van der Waals surface area contributed by atoms with Crippen molar-refractivity contribution < 1.29 is 23.3 Å². The van der Waals surface area contributed by atoms with Crippen LogP contribution in [0.3, 0.4) is 0 Å². The van der Waals surface area contributed by atoms with E-state index in [4.69, 9.17) is 13.6 Å². The monoisotopic (exact) mass is 371 g/mol. The molecule has 0 aliphatic carbocycles. The molecule has 0 aliphatic heterocycles. The largest absolute Gasteiger partial charge is 0.484 e. The Kier molecular flexibility index (Phi) is 4.97. The highest BCUT2D eigenvalue weighted by Gasteiger charge is 2.10. The number of furan rings is 1. The molecule has 27 heavy (non-hydrogen) atoms. The molecule has 10 heteroatoms. The van der Waals surface area contributed by atoms with Gasteiger partial charge in [0.25, 0.3) is 5.91 Å². The van der Waals surface area contributed by atoms with Gasteiger partial charge in [-0.05, 0) is 30.7 Å². The van der Waals surface area contributed by atoms with Gasteiger partial charge in [-0.1, -0.05) is 0 Å². The summed E-state index contributed by atoms with van der Waals surface area (Å²) in [6.45, 7) is 1.45. The molecule has 0 bridgehead atoms. The fourth-order valence-electron chi connectivity index (χ4n) is 2.25. The van der Waals surface area contributed by atoms with Crippen LogP contribution < -0.4 is 15.8 Å². The summed E-state index contributed by atoms with van der Waals surface area (Å²) in [5, 5.41) is 14.9.